The molecule has 5 aromatic rings. The number of pyridine rings is 1. The number of carbonyl (C=O) groups is 4. The lowest BCUT2D eigenvalue weighted by Gasteiger charge is -2.27. The molecule has 272 valence electrons. The Morgan fingerprint density at radius 1 is 0.944 bits per heavy atom. The highest BCUT2D eigenvalue weighted by Crippen LogP contribution is 2.48. The number of amides is 4. The third kappa shape index (κ3) is 6.27. The predicted molar refractivity (Wildman–Crippen MR) is 197 cm³/mol. The zero-order valence-electron chi connectivity index (χ0n) is 28.9. The first-order valence-corrected chi connectivity index (χ1v) is 18.0. The van der Waals surface area contributed by atoms with E-state index in [1.807, 2.05) is 0 Å². The van der Waals surface area contributed by atoms with Gasteiger partial charge in [0, 0.05) is 28.2 Å². The number of fused-ring (bicyclic) bond motifs is 1. The van der Waals surface area contributed by atoms with E-state index in [4.69, 9.17) is 27.6 Å². The van der Waals surface area contributed by atoms with E-state index in [-0.39, 0.29) is 42.3 Å². The van der Waals surface area contributed by atoms with Gasteiger partial charge in [0.15, 0.2) is 0 Å². The minimum atomic E-state index is -1.35. The maximum Gasteiger partial charge on any atom is 0.270 e. The van der Waals surface area contributed by atoms with Gasteiger partial charge in [-0.2, -0.15) is 5.26 Å². The van der Waals surface area contributed by atoms with Gasteiger partial charge in [-0.3, -0.25) is 28.7 Å². The van der Waals surface area contributed by atoms with Crippen LogP contribution in [0.4, 0.5) is 11.6 Å². The van der Waals surface area contributed by atoms with Gasteiger partial charge in [-0.25, -0.2) is 9.88 Å². The number of nitriles is 1. The highest BCUT2D eigenvalue weighted by molar-refractivity contribution is 6.35. The molecule has 13 nitrogen and oxygen atoms in total. The first kappa shape index (κ1) is 35.1. The Labute approximate surface area is 319 Å². The van der Waals surface area contributed by atoms with Crippen LogP contribution in [0.15, 0.2) is 89.8 Å². The van der Waals surface area contributed by atoms with Crippen LogP contribution in [0.5, 0.6) is 0 Å². The molecular formula is C39H32Cl2N8O5. The Hall–Kier alpha value is -5.97. The molecule has 0 unspecified atom stereocenters. The number of rotatable bonds is 11. The molecule has 0 radical (unpaired) electrons. The van der Waals surface area contributed by atoms with Crippen molar-refractivity contribution in [3.63, 3.8) is 0 Å². The van der Waals surface area contributed by atoms with Crippen LogP contribution in [-0.4, -0.2) is 43.7 Å². The molecule has 4 amide bonds. The second-order valence-corrected chi connectivity index (χ2v) is 14.9. The van der Waals surface area contributed by atoms with E-state index in [2.05, 4.69) is 32.0 Å². The van der Waals surface area contributed by atoms with Gasteiger partial charge in [0.05, 0.1) is 47.6 Å². The number of carbonyl (C=O) groups excluding carboxylic acids is 4. The third-order valence-electron chi connectivity index (χ3n) is 10.2. The van der Waals surface area contributed by atoms with Crippen LogP contribution in [0.25, 0.3) is 0 Å². The van der Waals surface area contributed by atoms with Crippen LogP contribution in [0.1, 0.15) is 76.0 Å². The molecule has 8 rings (SSSR count). The van der Waals surface area contributed by atoms with E-state index < -0.39 is 22.5 Å². The number of aromatic nitrogens is 3. The van der Waals surface area contributed by atoms with Crippen LogP contribution in [0.2, 0.25) is 10.0 Å². The number of halogens is 2. The zero-order chi connectivity index (χ0) is 37.8. The number of anilines is 2. The van der Waals surface area contributed by atoms with Crippen molar-refractivity contribution in [1.82, 2.24) is 30.5 Å². The maximum absolute atomic E-state index is 14.4. The molecule has 2 saturated carbocycles. The first-order valence-electron chi connectivity index (χ1n) is 17.2. The molecule has 3 N–H and O–H groups in total. The highest BCUT2D eigenvalue weighted by Gasteiger charge is 2.57. The van der Waals surface area contributed by atoms with Crippen molar-refractivity contribution >= 4 is 58.5 Å². The zero-order valence-corrected chi connectivity index (χ0v) is 30.4. The topological polar surface area (TPSA) is 175 Å². The fraction of sp³-hybridized carbons (Fsp3) is 0.256. The normalized spacial score (nSPS) is 18.7. The molecule has 0 bridgehead atoms. The lowest BCUT2D eigenvalue weighted by Crippen LogP contribution is -2.52. The van der Waals surface area contributed by atoms with Crippen LogP contribution < -0.4 is 20.9 Å². The summed E-state index contributed by atoms with van der Waals surface area (Å²) in [6.07, 6.45) is 6.65. The number of benzene rings is 2. The van der Waals surface area contributed by atoms with Gasteiger partial charge in [0.1, 0.15) is 22.5 Å². The summed E-state index contributed by atoms with van der Waals surface area (Å²) in [7, 11) is 0. The molecule has 1 aliphatic heterocycles. The van der Waals surface area contributed by atoms with E-state index in [9.17, 15) is 24.4 Å². The van der Waals surface area contributed by atoms with Crippen LogP contribution in [-0.2, 0) is 33.6 Å². The van der Waals surface area contributed by atoms with Gasteiger partial charge >= 0.3 is 0 Å². The average molecular weight is 764 g/mol. The summed E-state index contributed by atoms with van der Waals surface area (Å²) >= 11 is 12.7. The lowest BCUT2D eigenvalue weighted by molar-refractivity contribution is -0.125. The van der Waals surface area contributed by atoms with E-state index in [0.717, 1.165) is 5.56 Å². The van der Waals surface area contributed by atoms with Crippen molar-refractivity contribution in [2.75, 3.05) is 4.90 Å². The molecule has 0 saturated heterocycles. The Kier molecular flexibility index (Phi) is 8.55. The van der Waals surface area contributed by atoms with Crippen LogP contribution >= 0.6 is 23.2 Å². The summed E-state index contributed by atoms with van der Waals surface area (Å²) < 4.78 is 6.88. The summed E-state index contributed by atoms with van der Waals surface area (Å²) in [4.78, 5) is 65.9. The lowest BCUT2D eigenvalue weighted by atomic mass is 9.91. The Bertz CT molecular complexity index is 2360. The summed E-state index contributed by atoms with van der Waals surface area (Å²) in [5, 5.41) is 18.8. The predicted octanol–water partition coefficient (Wildman–Crippen LogP) is 5.68. The fourth-order valence-electron chi connectivity index (χ4n) is 6.96. The molecule has 2 aliphatic carbocycles. The SMILES string of the molecule is C[C@@]1(Cc2ccc(C#N)cc2)C(=O)N(c2cc(Cl)cc(Cl)c2)c2ncc(C(=O)NC3(C(=O)NC4(c5cc(C(=O)NCc6ccco6)ccn5)CC4)CC3)n21. The van der Waals surface area contributed by atoms with Crippen LogP contribution in [0.3, 0.4) is 0 Å². The summed E-state index contributed by atoms with van der Waals surface area (Å²) in [5.41, 5.74) is -0.697. The number of imidazole rings is 1. The monoisotopic (exact) mass is 762 g/mol. The smallest absolute Gasteiger partial charge is 0.270 e. The second-order valence-electron chi connectivity index (χ2n) is 14.1. The minimum absolute atomic E-state index is 0.0836. The molecule has 2 fully saturated rings. The molecule has 2 aromatic carbocycles. The van der Waals surface area contributed by atoms with Gasteiger partial charge in [-0.15, -0.1) is 0 Å². The van der Waals surface area contributed by atoms with E-state index in [0.29, 0.717) is 64.0 Å². The molecule has 1 atom stereocenters. The van der Waals surface area contributed by atoms with Crippen molar-refractivity contribution in [1.29, 1.82) is 5.26 Å². The Balaban J connectivity index is 1.04. The van der Waals surface area contributed by atoms with E-state index in [1.165, 1.54) is 23.6 Å². The molecule has 4 heterocycles. The standard InChI is InChI=1S/C39H32Cl2N8O5/c1-37(19-23-4-6-24(20-42)7-5-23)35(53)48(28-17-26(40)16-27(41)18-28)36-45-22-30(49(36)37)33(51)46-39(11-12-39)34(52)47-38(9-10-38)31-15-25(8-13-43-31)32(50)44-21-29-3-2-14-54-29/h2-8,13-18,22H,9-12,19,21H2,1H3,(H,44,50)(H,46,51)(H,47,52)/t37-/m1/s1. The Morgan fingerprint density at radius 2 is 1.69 bits per heavy atom. The molecule has 3 aromatic heterocycles. The van der Waals surface area contributed by atoms with Gasteiger partial charge in [0.25, 0.3) is 17.7 Å². The third-order valence-corrected chi connectivity index (χ3v) is 10.7. The largest absolute Gasteiger partial charge is 0.467 e. The number of nitrogens with one attached hydrogen (secondary N) is 3. The second kappa shape index (κ2) is 13.2. The number of furan rings is 1. The van der Waals surface area contributed by atoms with Crippen molar-refractivity contribution in [2.24, 2.45) is 0 Å². The fourth-order valence-corrected chi connectivity index (χ4v) is 7.48. The average Bonchev–Trinajstić information content (AvgIpc) is 3.97. The highest BCUT2D eigenvalue weighted by atomic mass is 35.5. The number of hydrogen-bond donors (Lipinski definition) is 3. The van der Waals surface area contributed by atoms with Gasteiger partial charge in [-0.1, -0.05) is 35.3 Å². The van der Waals surface area contributed by atoms with Crippen LogP contribution in [0, 0.1) is 11.3 Å². The van der Waals surface area contributed by atoms with Gasteiger partial charge in [0.2, 0.25) is 11.9 Å². The summed E-state index contributed by atoms with van der Waals surface area (Å²) in [6.45, 7) is 1.94. The summed E-state index contributed by atoms with van der Waals surface area (Å²) in [6, 6.07) is 20.5. The summed E-state index contributed by atoms with van der Waals surface area (Å²) in [5.74, 6) is -0.823. The van der Waals surface area contributed by atoms with Crippen molar-refractivity contribution < 1.29 is 23.6 Å². The first-order chi connectivity index (χ1) is 25.9. The van der Waals surface area contributed by atoms with Gasteiger partial charge in [-0.05, 0) is 92.8 Å². The number of hydrogen-bond acceptors (Lipinski definition) is 8. The van der Waals surface area contributed by atoms with Crippen molar-refractivity contribution in [2.45, 2.75) is 62.2 Å². The molecular weight excluding hydrogens is 731 g/mol. The molecule has 0 spiro atoms. The van der Waals surface area contributed by atoms with E-state index in [1.54, 1.807) is 78.2 Å². The van der Waals surface area contributed by atoms with Crippen molar-refractivity contribution in [3.8, 4) is 6.07 Å². The number of nitrogens with zero attached hydrogens (tertiary/aromatic N) is 5. The molecule has 3 aliphatic rings. The maximum atomic E-state index is 14.4. The minimum Gasteiger partial charge on any atom is -0.467 e. The van der Waals surface area contributed by atoms with Gasteiger partial charge < -0.3 is 20.4 Å². The molecule has 15 heteroatoms. The molecule has 54 heavy (non-hydrogen) atoms. The Morgan fingerprint density at radius 3 is 2.33 bits per heavy atom. The van der Waals surface area contributed by atoms with Crippen molar-refractivity contribution in [3.05, 3.63) is 129 Å². The van der Waals surface area contributed by atoms with E-state index >= 15 is 0 Å². The quantitative estimate of drug-likeness (QED) is 0.154.